The van der Waals surface area contributed by atoms with E-state index in [1.807, 2.05) is 6.07 Å². The Kier molecular flexibility index (Phi) is 5.85. The summed E-state index contributed by atoms with van der Waals surface area (Å²) in [7, 11) is 0. The standard InChI is InChI=1S/C18H15Cl2N3OS/c19-13-5-3-7-15(17(13)20)22-16(24)10-25-18-12(9-21)8-11-4-1-2-6-14(11)23-18/h3,5,7-8H,1-2,4,6,10H2,(H,22,24). The number of hydrogen-bond acceptors (Lipinski definition) is 4. The van der Waals surface area contributed by atoms with Crippen molar-refractivity contribution in [1.29, 1.82) is 5.26 Å². The topological polar surface area (TPSA) is 65.8 Å². The zero-order valence-electron chi connectivity index (χ0n) is 13.3. The number of amides is 1. The SMILES string of the molecule is N#Cc1cc2c(nc1SCC(=O)Nc1cccc(Cl)c1Cl)CCCC2. The third-order valence-electron chi connectivity index (χ3n) is 3.95. The van der Waals surface area contributed by atoms with E-state index in [1.165, 1.54) is 11.8 Å². The van der Waals surface area contributed by atoms with Crippen LogP contribution in [0, 0.1) is 11.3 Å². The molecule has 0 spiro atoms. The van der Waals surface area contributed by atoms with Crippen LogP contribution in [0.25, 0.3) is 0 Å². The maximum absolute atomic E-state index is 12.2. The Morgan fingerprint density at radius 2 is 2.12 bits per heavy atom. The van der Waals surface area contributed by atoms with Crippen molar-refractivity contribution in [3.63, 3.8) is 0 Å². The summed E-state index contributed by atoms with van der Waals surface area (Å²) < 4.78 is 0. The van der Waals surface area contributed by atoms with E-state index >= 15 is 0 Å². The fourth-order valence-electron chi connectivity index (χ4n) is 2.73. The number of aromatic nitrogens is 1. The molecule has 1 N–H and O–H groups in total. The number of carbonyl (C=O) groups excluding carboxylic acids is 1. The predicted molar refractivity (Wildman–Crippen MR) is 101 cm³/mol. The summed E-state index contributed by atoms with van der Waals surface area (Å²) >= 11 is 13.3. The summed E-state index contributed by atoms with van der Waals surface area (Å²) in [4.78, 5) is 16.8. The van der Waals surface area contributed by atoms with Gasteiger partial charge in [-0.2, -0.15) is 5.26 Å². The van der Waals surface area contributed by atoms with Crippen molar-refractivity contribution >= 4 is 46.6 Å². The van der Waals surface area contributed by atoms with E-state index in [9.17, 15) is 10.1 Å². The van der Waals surface area contributed by atoms with E-state index in [-0.39, 0.29) is 11.7 Å². The first-order chi connectivity index (χ1) is 12.1. The lowest BCUT2D eigenvalue weighted by Gasteiger charge is -2.16. The first-order valence-corrected chi connectivity index (χ1v) is 9.62. The molecular formula is C18H15Cl2N3OS. The number of carbonyl (C=O) groups is 1. The molecule has 2 aromatic rings. The summed E-state index contributed by atoms with van der Waals surface area (Å²) in [5.74, 6) is -0.0823. The Hall–Kier alpha value is -1.74. The normalized spacial score (nSPS) is 13.0. The highest BCUT2D eigenvalue weighted by atomic mass is 35.5. The van der Waals surface area contributed by atoms with Gasteiger partial charge in [0.1, 0.15) is 11.1 Å². The van der Waals surface area contributed by atoms with E-state index in [0.717, 1.165) is 36.9 Å². The number of rotatable bonds is 4. The highest BCUT2D eigenvalue weighted by Crippen LogP contribution is 2.30. The van der Waals surface area contributed by atoms with Crippen LogP contribution in [-0.2, 0) is 17.6 Å². The molecule has 1 aliphatic carbocycles. The zero-order chi connectivity index (χ0) is 17.8. The number of nitrogens with zero attached hydrogens (tertiary/aromatic N) is 2. The molecule has 1 heterocycles. The van der Waals surface area contributed by atoms with E-state index in [2.05, 4.69) is 16.4 Å². The third kappa shape index (κ3) is 4.27. The molecule has 4 nitrogen and oxygen atoms in total. The molecule has 25 heavy (non-hydrogen) atoms. The van der Waals surface area contributed by atoms with Gasteiger partial charge in [0.15, 0.2) is 0 Å². The minimum atomic E-state index is -0.224. The third-order valence-corrected chi connectivity index (χ3v) is 5.76. The maximum Gasteiger partial charge on any atom is 0.234 e. The van der Waals surface area contributed by atoms with Crippen molar-refractivity contribution in [3.8, 4) is 6.07 Å². The first-order valence-electron chi connectivity index (χ1n) is 7.88. The van der Waals surface area contributed by atoms with Crippen LogP contribution in [0.5, 0.6) is 0 Å². The molecule has 0 fully saturated rings. The van der Waals surface area contributed by atoms with Crippen LogP contribution < -0.4 is 5.32 Å². The van der Waals surface area contributed by atoms with Gasteiger partial charge in [-0.15, -0.1) is 0 Å². The number of fused-ring (bicyclic) bond motifs is 1. The van der Waals surface area contributed by atoms with Crippen LogP contribution in [0.1, 0.15) is 29.7 Å². The van der Waals surface area contributed by atoms with Gasteiger partial charge >= 0.3 is 0 Å². The molecule has 1 aromatic carbocycles. The minimum Gasteiger partial charge on any atom is -0.324 e. The van der Waals surface area contributed by atoms with Crippen LogP contribution >= 0.6 is 35.0 Å². The lowest BCUT2D eigenvalue weighted by molar-refractivity contribution is -0.113. The zero-order valence-corrected chi connectivity index (χ0v) is 15.6. The Morgan fingerprint density at radius 3 is 2.92 bits per heavy atom. The highest BCUT2D eigenvalue weighted by molar-refractivity contribution is 8.00. The number of nitriles is 1. The van der Waals surface area contributed by atoms with Crippen molar-refractivity contribution in [2.75, 3.05) is 11.1 Å². The second-order valence-electron chi connectivity index (χ2n) is 5.70. The Bertz CT molecular complexity index is 864. The lowest BCUT2D eigenvalue weighted by atomic mass is 9.95. The van der Waals surface area contributed by atoms with Gasteiger partial charge in [-0.25, -0.2) is 4.98 Å². The Balaban J connectivity index is 1.70. The highest BCUT2D eigenvalue weighted by Gasteiger charge is 2.16. The second kappa shape index (κ2) is 8.09. The molecule has 128 valence electrons. The molecule has 0 aliphatic heterocycles. The van der Waals surface area contributed by atoms with Crippen LogP contribution in [0.2, 0.25) is 10.0 Å². The van der Waals surface area contributed by atoms with Crippen molar-refractivity contribution in [2.24, 2.45) is 0 Å². The van der Waals surface area contributed by atoms with Gasteiger partial charge in [0.05, 0.1) is 27.0 Å². The summed E-state index contributed by atoms with van der Waals surface area (Å²) in [5.41, 5.74) is 3.20. The number of anilines is 1. The largest absolute Gasteiger partial charge is 0.324 e. The predicted octanol–water partition coefficient (Wildman–Crippen LogP) is 4.87. The van der Waals surface area contributed by atoms with Crippen LogP contribution in [0.4, 0.5) is 5.69 Å². The fourth-order valence-corrected chi connectivity index (χ4v) is 3.85. The number of hydrogen-bond donors (Lipinski definition) is 1. The van der Waals surface area contributed by atoms with Crippen LogP contribution in [0.3, 0.4) is 0 Å². The average molecular weight is 392 g/mol. The number of benzene rings is 1. The van der Waals surface area contributed by atoms with E-state index in [0.29, 0.717) is 26.3 Å². The molecule has 1 aliphatic rings. The molecule has 0 atom stereocenters. The van der Waals surface area contributed by atoms with Crippen molar-refractivity contribution in [2.45, 2.75) is 30.7 Å². The summed E-state index contributed by atoms with van der Waals surface area (Å²) in [6.07, 6.45) is 4.15. The van der Waals surface area contributed by atoms with Gasteiger partial charge in [-0.1, -0.05) is 41.0 Å². The van der Waals surface area contributed by atoms with Crippen molar-refractivity contribution in [1.82, 2.24) is 4.98 Å². The smallest absolute Gasteiger partial charge is 0.234 e. The first kappa shape index (κ1) is 18.1. The van der Waals surface area contributed by atoms with Gasteiger partial charge in [0.25, 0.3) is 0 Å². The van der Waals surface area contributed by atoms with Gasteiger partial charge in [0.2, 0.25) is 5.91 Å². The van der Waals surface area contributed by atoms with Crippen molar-refractivity contribution < 1.29 is 4.79 Å². The Morgan fingerprint density at radius 1 is 1.32 bits per heavy atom. The second-order valence-corrected chi connectivity index (χ2v) is 7.45. The molecule has 1 amide bonds. The average Bonchev–Trinajstić information content (AvgIpc) is 2.63. The molecule has 0 unspecified atom stereocenters. The molecule has 0 saturated heterocycles. The van der Waals surface area contributed by atoms with Gasteiger partial charge in [-0.05, 0) is 49.4 Å². The van der Waals surface area contributed by atoms with Gasteiger partial charge < -0.3 is 5.32 Å². The molecule has 7 heteroatoms. The monoisotopic (exact) mass is 391 g/mol. The molecule has 0 saturated carbocycles. The maximum atomic E-state index is 12.2. The van der Waals surface area contributed by atoms with Crippen molar-refractivity contribution in [3.05, 3.63) is 51.1 Å². The van der Waals surface area contributed by atoms with Crippen LogP contribution in [0.15, 0.2) is 29.3 Å². The van der Waals surface area contributed by atoms with Gasteiger partial charge in [-0.3, -0.25) is 4.79 Å². The van der Waals surface area contributed by atoms with Gasteiger partial charge in [0, 0.05) is 5.69 Å². The minimum absolute atomic E-state index is 0.142. The molecule has 0 bridgehead atoms. The van der Waals surface area contributed by atoms with Crippen LogP contribution in [-0.4, -0.2) is 16.6 Å². The Labute approximate surface area is 160 Å². The lowest BCUT2D eigenvalue weighted by Crippen LogP contribution is -2.15. The molecule has 0 radical (unpaired) electrons. The summed E-state index contributed by atoms with van der Waals surface area (Å²) in [6.45, 7) is 0. The molecular weight excluding hydrogens is 377 g/mol. The van der Waals surface area contributed by atoms with E-state index in [1.54, 1.807) is 18.2 Å². The number of nitrogens with one attached hydrogen (secondary N) is 1. The summed E-state index contributed by atoms with van der Waals surface area (Å²) in [6, 6.07) is 9.16. The molecule has 1 aromatic heterocycles. The fraction of sp³-hybridized carbons (Fsp3) is 0.278. The number of aryl methyl sites for hydroxylation is 2. The number of halogens is 2. The number of thioether (sulfide) groups is 1. The number of pyridine rings is 1. The quantitative estimate of drug-likeness (QED) is 0.754. The molecule has 3 rings (SSSR count). The summed E-state index contributed by atoms with van der Waals surface area (Å²) in [5, 5.41) is 13.4. The van der Waals surface area contributed by atoms with E-state index in [4.69, 9.17) is 23.2 Å². The van der Waals surface area contributed by atoms with E-state index < -0.39 is 0 Å².